The number of hydrogen-bond donors (Lipinski definition) is 2. The summed E-state index contributed by atoms with van der Waals surface area (Å²) in [7, 11) is -2.09. The Balaban J connectivity index is 1.99. The highest BCUT2D eigenvalue weighted by Crippen LogP contribution is 2.16. The van der Waals surface area contributed by atoms with E-state index < -0.39 is 16.1 Å². The van der Waals surface area contributed by atoms with Crippen molar-refractivity contribution in [3.63, 3.8) is 0 Å². The van der Waals surface area contributed by atoms with Crippen LogP contribution in [0.15, 0.2) is 53.4 Å². The first kappa shape index (κ1) is 18.8. The number of ether oxygens (including phenoxy) is 2. The number of rotatable bonds is 7. The van der Waals surface area contributed by atoms with Crippen molar-refractivity contribution < 1.29 is 22.7 Å². The smallest absolute Gasteiger partial charge is 0.411 e. The summed E-state index contributed by atoms with van der Waals surface area (Å²) in [5.74, 6) is 0.705. The number of hydrogen-bond acceptors (Lipinski definition) is 5. The molecule has 0 bridgehead atoms. The third kappa shape index (κ3) is 5.47. The molecule has 134 valence electrons. The van der Waals surface area contributed by atoms with Crippen LogP contribution in [0.4, 0.5) is 10.5 Å². The van der Waals surface area contributed by atoms with Crippen molar-refractivity contribution in [1.82, 2.24) is 4.72 Å². The van der Waals surface area contributed by atoms with Gasteiger partial charge in [0.25, 0.3) is 0 Å². The third-order valence-electron chi connectivity index (χ3n) is 3.31. The molecule has 0 atom stereocenters. The molecule has 0 saturated carbocycles. The van der Waals surface area contributed by atoms with Crippen molar-refractivity contribution in [1.29, 1.82) is 0 Å². The predicted octanol–water partition coefficient (Wildman–Crippen LogP) is 2.74. The van der Waals surface area contributed by atoms with E-state index in [1.165, 1.54) is 24.3 Å². The number of carbonyl (C=O) groups is 1. The fraction of sp³-hybridized carbons (Fsp3) is 0.235. The molecule has 7 nitrogen and oxygen atoms in total. The van der Waals surface area contributed by atoms with E-state index in [1.54, 1.807) is 38.3 Å². The van der Waals surface area contributed by atoms with Crippen molar-refractivity contribution in [2.24, 2.45) is 0 Å². The number of anilines is 1. The van der Waals surface area contributed by atoms with Gasteiger partial charge in [-0.3, -0.25) is 5.32 Å². The van der Waals surface area contributed by atoms with Crippen molar-refractivity contribution in [3.05, 3.63) is 54.1 Å². The van der Waals surface area contributed by atoms with Gasteiger partial charge in [-0.15, -0.1) is 0 Å². The highest BCUT2D eigenvalue weighted by molar-refractivity contribution is 7.89. The van der Waals surface area contributed by atoms with Gasteiger partial charge in [-0.25, -0.2) is 17.9 Å². The SMILES string of the molecule is CCOC(=O)Nc1ccc(S(=O)(=O)NCc2ccc(OC)cc2)cc1. The summed E-state index contributed by atoms with van der Waals surface area (Å²) in [6, 6.07) is 12.9. The fourth-order valence-corrected chi connectivity index (χ4v) is 3.03. The quantitative estimate of drug-likeness (QED) is 0.788. The summed E-state index contributed by atoms with van der Waals surface area (Å²) in [5, 5.41) is 2.50. The maximum atomic E-state index is 12.3. The Morgan fingerprint density at radius 1 is 1.04 bits per heavy atom. The second-order valence-corrected chi connectivity index (χ2v) is 6.81. The van der Waals surface area contributed by atoms with Crippen LogP contribution in [-0.2, 0) is 21.3 Å². The molecule has 0 aromatic heterocycles. The van der Waals surface area contributed by atoms with Gasteiger partial charge in [-0.1, -0.05) is 12.1 Å². The van der Waals surface area contributed by atoms with Crippen LogP contribution < -0.4 is 14.8 Å². The lowest BCUT2D eigenvalue weighted by Crippen LogP contribution is -2.23. The number of nitrogens with one attached hydrogen (secondary N) is 2. The molecule has 2 aromatic rings. The van der Waals surface area contributed by atoms with E-state index in [0.717, 1.165) is 5.56 Å². The van der Waals surface area contributed by atoms with E-state index in [2.05, 4.69) is 10.0 Å². The number of amides is 1. The molecule has 0 aliphatic rings. The van der Waals surface area contributed by atoms with E-state index in [0.29, 0.717) is 11.4 Å². The molecular formula is C17H20N2O5S. The Labute approximate surface area is 147 Å². The van der Waals surface area contributed by atoms with Crippen molar-refractivity contribution in [2.75, 3.05) is 19.0 Å². The van der Waals surface area contributed by atoms with Crippen LogP contribution in [-0.4, -0.2) is 28.2 Å². The third-order valence-corrected chi connectivity index (χ3v) is 4.73. The molecule has 0 fully saturated rings. The zero-order valence-electron chi connectivity index (χ0n) is 14.0. The Morgan fingerprint density at radius 3 is 2.24 bits per heavy atom. The minimum Gasteiger partial charge on any atom is -0.497 e. The summed E-state index contributed by atoms with van der Waals surface area (Å²) in [6.45, 7) is 2.12. The topological polar surface area (TPSA) is 93.7 Å². The van der Waals surface area contributed by atoms with Crippen LogP contribution in [0.3, 0.4) is 0 Å². The highest BCUT2D eigenvalue weighted by atomic mass is 32.2. The number of sulfonamides is 1. The van der Waals surface area contributed by atoms with Crippen molar-refractivity contribution in [2.45, 2.75) is 18.4 Å². The second kappa shape index (κ2) is 8.50. The molecule has 8 heteroatoms. The molecule has 0 saturated heterocycles. The van der Waals surface area contributed by atoms with Gasteiger partial charge >= 0.3 is 6.09 Å². The van der Waals surface area contributed by atoms with Crippen LogP contribution in [0.2, 0.25) is 0 Å². The van der Waals surface area contributed by atoms with Gasteiger partial charge in [0.2, 0.25) is 10.0 Å². The minimum absolute atomic E-state index is 0.107. The molecule has 0 radical (unpaired) electrons. The summed E-state index contributed by atoms with van der Waals surface area (Å²) >= 11 is 0. The molecule has 1 amide bonds. The molecule has 2 rings (SSSR count). The Hall–Kier alpha value is -2.58. The van der Waals surface area contributed by atoms with E-state index in [4.69, 9.17) is 9.47 Å². The molecule has 25 heavy (non-hydrogen) atoms. The average Bonchev–Trinajstić information content (AvgIpc) is 2.61. The van der Waals surface area contributed by atoms with Crippen molar-refractivity contribution in [3.8, 4) is 5.75 Å². The van der Waals surface area contributed by atoms with Gasteiger partial charge in [-0.05, 0) is 48.9 Å². The summed E-state index contributed by atoms with van der Waals surface area (Å²) in [6.07, 6.45) is -0.587. The zero-order valence-corrected chi connectivity index (χ0v) is 14.8. The van der Waals surface area contributed by atoms with Gasteiger partial charge in [0.05, 0.1) is 18.6 Å². The first-order valence-corrected chi connectivity index (χ1v) is 9.09. The molecular weight excluding hydrogens is 344 g/mol. The lowest BCUT2D eigenvalue weighted by molar-refractivity contribution is 0.168. The summed E-state index contributed by atoms with van der Waals surface area (Å²) in [4.78, 5) is 11.4. The number of carbonyl (C=O) groups excluding carboxylic acids is 1. The van der Waals surface area contributed by atoms with Crippen LogP contribution in [0, 0.1) is 0 Å². The maximum Gasteiger partial charge on any atom is 0.411 e. The van der Waals surface area contributed by atoms with Crippen LogP contribution in [0.25, 0.3) is 0 Å². The normalized spacial score (nSPS) is 11.0. The summed E-state index contributed by atoms with van der Waals surface area (Å²) in [5.41, 5.74) is 1.26. The van der Waals surface area contributed by atoms with Gasteiger partial charge in [0.15, 0.2) is 0 Å². The largest absolute Gasteiger partial charge is 0.497 e. The maximum absolute atomic E-state index is 12.3. The first-order valence-electron chi connectivity index (χ1n) is 7.61. The molecule has 2 N–H and O–H groups in total. The number of methoxy groups -OCH3 is 1. The van der Waals surface area contributed by atoms with Gasteiger partial charge < -0.3 is 9.47 Å². The molecule has 0 aliphatic carbocycles. The van der Waals surface area contributed by atoms with Crippen LogP contribution >= 0.6 is 0 Å². The Kier molecular flexibility index (Phi) is 6.37. The molecule has 0 unspecified atom stereocenters. The van der Waals surface area contributed by atoms with E-state index in [9.17, 15) is 13.2 Å². The Morgan fingerprint density at radius 2 is 1.68 bits per heavy atom. The van der Waals surface area contributed by atoms with Crippen LogP contribution in [0.5, 0.6) is 5.75 Å². The van der Waals surface area contributed by atoms with Gasteiger partial charge in [-0.2, -0.15) is 0 Å². The highest BCUT2D eigenvalue weighted by Gasteiger charge is 2.14. The van der Waals surface area contributed by atoms with E-state index in [1.807, 2.05) is 0 Å². The molecule has 2 aromatic carbocycles. The lowest BCUT2D eigenvalue weighted by Gasteiger charge is -2.09. The molecule has 0 heterocycles. The monoisotopic (exact) mass is 364 g/mol. The Bertz CT molecular complexity index is 802. The first-order chi connectivity index (χ1) is 11.9. The standard InChI is InChI=1S/C17H20N2O5S/c1-3-24-17(20)19-14-6-10-16(11-7-14)25(21,22)18-12-13-4-8-15(23-2)9-5-13/h4-11,18H,3,12H2,1-2H3,(H,19,20). The predicted molar refractivity (Wildman–Crippen MR) is 94.1 cm³/mol. The van der Waals surface area contributed by atoms with E-state index in [-0.39, 0.29) is 18.0 Å². The lowest BCUT2D eigenvalue weighted by atomic mass is 10.2. The average molecular weight is 364 g/mol. The van der Waals surface area contributed by atoms with Gasteiger partial charge in [0.1, 0.15) is 5.75 Å². The fourth-order valence-electron chi connectivity index (χ4n) is 2.01. The minimum atomic E-state index is -3.65. The van der Waals surface area contributed by atoms with E-state index >= 15 is 0 Å². The number of benzene rings is 2. The summed E-state index contributed by atoms with van der Waals surface area (Å²) < 4.78 is 37.0. The van der Waals surface area contributed by atoms with Gasteiger partial charge in [0, 0.05) is 12.2 Å². The van der Waals surface area contributed by atoms with Crippen LogP contribution in [0.1, 0.15) is 12.5 Å². The molecule has 0 spiro atoms. The zero-order chi connectivity index (χ0) is 18.3. The molecule has 0 aliphatic heterocycles. The van der Waals surface area contributed by atoms with Crippen molar-refractivity contribution >= 4 is 21.8 Å². The second-order valence-electron chi connectivity index (χ2n) is 5.04.